The second kappa shape index (κ2) is 8.08. The van der Waals surface area contributed by atoms with Crippen LogP contribution in [0.2, 0.25) is 5.02 Å². The number of ether oxygens (including phenoxy) is 1. The first-order valence-electron chi connectivity index (χ1n) is 10.6. The molecule has 6 nitrogen and oxygen atoms in total. The van der Waals surface area contributed by atoms with Gasteiger partial charge in [0, 0.05) is 23.7 Å². The molecular formula is C23H22ClF2N3O3. The highest BCUT2D eigenvalue weighted by Crippen LogP contribution is 2.48. The van der Waals surface area contributed by atoms with Crippen LogP contribution in [-0.4, -0.2) is 47.0 Å². The van der Waals surface area contributed by atoms with Crippen LogP contribution in [0, 0.1) is 30.4 Å². The molecule has 1 N–H and O–H groups in total. The molecule has 168 valence electrons. The number of hydrogen-bond acceptors (Lipinski definition) is 4. The fourth-order valence-electron chi connectivity index (χ4n) is 4.69. The minimum absolute atomic E-state index is 0.00996. The molecule has 2 amide bonds. The summed E-state index contributed by atoms with van der Waals surface area (Å²) in [6, 6.07) is 3.98. The number of rotatable bonds is 5. The number of aromatic nitrogens is 1. The molecule has 0 unspecified atom stereocenters. The molecule has 3 heterocycles. The molecule has 0 spiro atoms. The van der Waals surface area contributed by atoms with E-state index in [0.717, 1.165) is 24.1 Å². The molecule has 1 aliphatic carbocycles. The molecular weight excluding hydrogens is 440 g/mol. The predicted octanol–water partition coefficient (Wildman–Crippen LogP) is 3.43. The van der Waals surface area contributed by atoms with Crippen molar-refractivity contribution in [3.63, 3.8) is 0 Å². The number of fused-ring (bicyclic) bond motifs is 1. The number of pyridine rings is 1. The summed E-state index contributed by atoms with van der Waals surface area (Å²) in [6.45, 7) is 2.51. The Labute approximate surface area is 188 Å². The Morgan fingerprint density at radius 3 is 2.69 bits per heavy atom. The Morgan fingerprint density at radius 2 is 2.00 bits per heavy atom. The number of nitrogens with zero attached hydrogens (tertiary/aromatic N) is 2. The number of halogens is 3. The first-order valence-corrected chi connectivity index (χ1v) is 11.0. The molecule has 2 aliphatic heterocycles. The summed E-state index contributed by atoms with van der Waals surface area (Å²) in [5.74, 6) is -2.05. The van der Waals surface area contributed by atoms with Gasteiger partial charge in [0.1, 0.15) is 23.4 Å². The zero-order valence-corrected chi connectivity index (χ0v) is 18.1. The standard InChI is InChI=1S/C23H22ClF2N3O3/c1-11-2-3-27-18(4-11)23(31)29-19-5-12(19)6-20(29)22(30)28-21(13-9-32-10-13)14-7-17(26)15(24)8-16(14)25/h2-4,7-8,12-13,19-21H,5-6,9-10H2,1H3,(H,28,30)/t12-,19-,20-,21-/m1/s1. The van der Waals surface area contributed by atoms with Gasteiger partial charge in [-0.15, -0.1) is 0 Å². The molecule has 0 radical (unpaired) electrons. The number of carbonyl (C=O) groups is 2. The maximum absolute atomic E-state index is 14.6. The molecule has 1 aromatic carbocycles. The van der Waals surface area contributed by atoms with Crippen LogP contribution in [0.3, 0.4) is 0 Å². The van der Waals surface area contributed by atoms with Gasteiger partial charge in [-0.2, -0.15) is 0 Å². The second-order valence-corrected chi connectivity index (χ2v) is 9.22. The third kappa shape index (κ3) is 3.75. The smallest absolute Gasteiger partial charge is 0.273 e. The minimum atomic E-state index is -0.783. The second-order valence-electron chi connectivity index (χ2n) is 8.82. The van der Waals surface area contributed by atoms with Gasteiger partial charge in [-0.05, 0) is 55.5 Å². The Hall–Kier alpha value is -2.58. The number of carbonyl (C=O) groups excluding carboxylic acids is 2. The van der Waals surface area contributed by atoms with Gasteiger partial charge in [-0.25, -0.2) is 8.78 Å². The highest BCUT2D eigenvalue weighted by atomic mass is 35.5. The molecule has 4 atom stereocenters. The highest BCUT2D eigenvalue weighted by Gasteiger charge is 2.56. The number of hydrogen-bond donors (Lipinski definition) is 1. The topological polar surface area (TPSA) is 71.5 Å². The molecule has 3 fully saturated rings. The van der Waals surface area contributed by atoms with Crippen molar-refractivity contribution in [2.45, 2.75) is 37.9 Å². The van der Waals surface area contributed by atoms with E-state index in [2.05, 4.69) is 10.3 Å². The monoisotopic (exact) mass is 461 g/mol. The van der Waals surface area contributed by atoms with Crippen molar-refractivity contribution in [1.82, 2.24) is 15.2 Å². The van der Waals surface area contributed by atoms with E-state index >= 15 is 0 Å². The third-order valence-electron chi connectivity index (χ3n) is 6.58. The zero-order chi connectivity index (χ0) is 22.6. The van der Waals surface area contributed by atoms with Crippen LogP contribution in [0.25, 0.3) is 0 Å². The summed E-state index contributed by atoms with van der Waals surface area (Å²) < 4.78 is 34.0. The van der Waals surface area contributed by atoms with Gasteiger partial charge < -0.3 is 15.0 Å². The van der Waals surface area contributed by atoms with E-state index in [1.165, 1.54) is 0 Å². The lowest BCUT2D eigenvalue weighted by Gasteiger charge is -2.36. The molecule has 32 heavy (non-hydrogen) atoms. The summed E-state index contributed by atoms with van der Waals surface area (Å²) in [5.41, 5.74) is 1.22. The minimum Gasteiger partial charge on any atom is -0.381 e. The average molecular weight is 462 g/mol. The van der Waals surface area contributed by atoms with Crippen molar-refractivity contribution in [2.75, 3.05) is 13.2 Å². The van der Waals surface area contributed by atoms with Gasteiger partial charge in [-0.1, -0.05) is 11.6 Å². The largest absolute Gasteiger partial charge is 0.381 e. The van der Waals surface area contributed by atoms with E-state index in [9.17, 15) is 18.4 Å². The zero-order valence-electron chi connectivity index (χ0n) is 17.4. The molecule has 2 aromatic rings. The van der Waals surface area contributed by atoms with Crippen LogP contribution in [0.5, 0.6) is 0 Å². The Bertz CT molecular complexity index is 1090. The van der Waals surface area contributed by atoms with Crippen LogP contribution in [0.4, 0.5) is 8.78 Å². The first kappa shape index (κ1) is 21.3. The average Bonchev–Trinajstić information content (AvgIpc) is 3.38. The highest BCUT2D eigenvalue weighted by molar-refractivity contribution is 6.30. The van der Waals surface area contributed by atoms with E-state index < -0.39 is 23.7 Å². The lowest BCUT2D eigenvalue weighted by molar-refractivity contribution is -0.128. The Kier molecular flexibility index (Phi) is 5.37. The summed E-state index contributed by atoms with van der Waals surface area (Å²) in [5, 5.41) is 2.55. The molecule has 5 rings (SSSR count). The fraction of sp³-hybridized carbons (Fsp3) is 0.435. The van der Waals surface area contributed by atoms with Crippen LogP contribution >= 0.6 is 11.6 Å². The molecule has 9 heteroatoms. The van der Waals surface area contributed by atoms with Crippen LogP contribution in [0.15, 0.2) is 30.5 Å². The van der Waals surface area contributed by atoms with Gasteiger partial charge >= 0.3 is 0 Å². The Balaban J connectivity index is 1.40. The molecule has 1 aromatic heterocycles. The number of amides is 2. The van der Waals surface area contributed by atoms with E-state index in [1.807, 2.05) is 6.92 Å². The molecule has 0 bridgehead atoms. The summed E-state index contributed by atoms with van der Waals surface area (Å²) in [4.78, 5) is 32.3. The van der Waals surface area contributed by atoms with Gasteiger partial charge in [-0.3, -0.25) is 14.6 Å². The lowest BCUT2D eigenvalue weighted by atomic mass is 9.90. The SMILES string of the molecule is Cc1ccnc(C(=O)N2[C@@H](C(=O)N[C@@H](c3cc(F)c(Cl)cc3F)C3COC3)C[C@H]3C[C@H]32)c1. The van der Waals surface area contributed by atoms with Crippen molar-refractivity contribution in [3.8, 4) is 0 Å². The maximum Gasteiger partial charge on any atom is 0.273 e. The van der Waals surface area contributed by atoms with Crippen molar-refractivity contribution < 1.29 is 23.1 Å². The predicted molar refractivity (Wildman–Crippen MR) is 112 cm³/mol. The van der Waals surface area contributed by atoms with Crippen molar-refractivity contribution in [3.05, 3.63) is 63.9 Å². The fourth-order valence-corrected chi connectivity index (χ4v) is 4.84. The van der Waals surface area contributed by atoms with Gasteiger partial charge in [0.05, 0.1) is 24.3 Å². The van der Waals surface area contributed by atoms with Gasteiger partial charge in [0.25, 0.3) is 5.91 Å². The number of benzene rings is 1. The van der Waals surface area contributed by atoms with Crippen molar-refractivity contribution in [1.29, 1.82) is 0 Å². The van der Waals surface area contributed by atoms with Crippen molar-refractivity contribution >= 4 is 23.4 Å². The van der Waals surface area contributed by atoms with Gasteiger partial charge in [0.15, 0.2) is 0 Å². The molecule has 3 aliphatic rings. The normalized spacial score (nSPS) is 25.1. The van der Waals surface area contributed by atoms with Crippen molar-refractivity contribution in [2.24, 2.45) is 11.8 Å². The lowest BCUT2D eigenvalue weighted by Crippen LogP contribution is -2.51. The first-order chi connectivity index (χ1) is 15.3. The number of likely N-dealkylation sites (tertiary alicyclic amines) is 1. The van der Waals surface area contributed by atoms with E-state index in [4.69, 9.17) is 16.3 Å². The van der Waals surface area contributed by atoms with E-state index in [1.54, 1.807) is 23.2 Å². The van der Waals surface area contributed by atoms with E-state index in [-0.39, 0.29) is 40.3 Å². The number of aryl methyl sites for hydroxylation is 1. The van der Waals surface area contributed by atoms with Crippen LogP contribution < -0.4 is 5.32 Å². The van der Waals surface area contributed by atoms with Gasteiger partial charge in [0.2, 0.25) is 5.91 Å². The summed E-state index contributed by atoms with van der Waals surface area (Å²) in [6.07, 6.45) is 2.97. The molecule has 2 saturated heterocycles. The third-order valence-corrected chi connectivity index (χ3v) is 6.87. The summed E-state index contributed by atoms with van der Waals surface area (Å²) >= 11 is 5.69. The number of piperidine rings is 1. The maximum atomic E-state index is 14.6. The molecule has 1 saturated carbocycles. The summed E-state index contributed by atoms with van der Waals surface area (Å²) in [7, 11) is 0. The number of nitrogens with one attached hydrogen (secondary N) is 1. The van der Waals surface area contributed by atoms with E-state index in [0.29, 0.717) is 25.3 Å². The van der Waals surface area contributed by atoms with Crippen LogP contribution in [0.1, 0.15) is 40.5 Å². The quantitative estimate of drug-likeness (QED) is 0.692. The Morgan fingerprint density at radius 1 is 1.22 bits per heavy atom. The van der Waals surface area contributed by atoms with Crippen LogP contribution in [-0.2, 0) is 9.53 Å².